The first-order valence-corrected chi connectivity index (χ1v) is 15.2. The molecule has 4 heterocycles. The molecule has 5 rings (SSSR count). The zero-order valence-corrected chi connectivity index (χ0v) is 26.0. The highest BCUT2D eigenvalue weighted by Crippen LogP contribution is 2.36. The first-order chi connectivity index (χ1) is 20.0. The Labute approximate surface area is 248 Å². The van der Waals surface area contributed by atoms with Gasteiger partial charge in [0.05, 0.1) is 18.2 Å². The van der Waals surface area contributed by atoms with Gasteiger partial charge in [0.2, 0.25) is 5.89 Å². The maximum absolute atomic E-state index is 13.1. The van der Waals surface area contributed by atoms with Crippen molar-refractivity contribution in [3.05, 3.63) is 56.3 Å². The lowest BCUT2D eigenvalue weighted by Crippen LogP contribution is -2.43. The Morgan fingerprint density at radius 1 is 1.14 bits per heavy atom. The maximum atomic E-state index is 13.1. The highest BCUT2D eigenvalue weighted by Gasteiger charge is 2.31. The van der Waals surface area contributed by atoms with Gasteiger partial charge >= 0.3 is 0 Å². The second-order valence-corrected chi connectivity index (χ2v) is 12.3. The Bertz CT molecular complexity index is 1490. The number of nitrogens with zero attached hydrogens (tertiary/aromatic N) is 4. The fourth-order valence-corrected chi connectivity index (χ4v) is 6.73. The summed E-state index contributed by atoms with van der Waals surface area (Å²) in [6.45, 7) is 11.5. The number of rotatable bonds is 9. The third-order valence-corrected chi connectivity index (χ3v) is 9.22. The number of nitrogens with one attached hydrogen (secondary N) is 1. The number of hydrogen-bond donors (Lipinski definition) is 2. The van der Waals surface area contributed by atoms with Gasteiger partial charge in [0.15, 0.2) is 5.58 Å². The molecule has 0 aliphatic carbocycles. The Hall–Kier alpha value is -3.21. The van der Waals surface area contributed by atoms with Crippen molar-refractivity contribution in [3.8, 4) is 0 Å². The predicted octanol–water partition coefficient (Wildman–Crippen LogP) is 4.03. The monoisotopic (exact) mass is 578 g/mol. The second-order valence-electron chi connectivity index (χ2n) is 12.3. The summed E-state index contributed by atoms with van der Waals surface area (Å²) in [5.41, 5.74) is 11.4. The number of benzene rings is 1. The number of anilines is 1. The summed E-state index contributed by atoms with van der Waals surface area (Å²) in [4.78, 5) is 40.7. The minimum Gasteiger partial charge on any atom is -0.439 e. The number of likely N-dealkylation sites (tertiary alicyclic amines) is 1. The quantitative estimate of drug-likeness (QED) is 0.391. The van der Waals surface area contributed by atoms with Gasteiger partial charge in [-0.15, -0.1) is 0 Å². The van der Waals surface area contributed by atoms with Crippen LogP contribution in [0.2, 0.25) is 0 Å². The summed E-state index contributed by atoms with van der Waals surface area (Å²) in [5, 5.41) is 0. The number of aryl methyl sites for hydroxylation is 2. The van der Waals surface area contributed by atoms with Crippen LogP contribution in [0.25, 0.3) is 11.1 Å². The molecule has 2 aromatic heterocycles. The zero-order valence-electron chi connectivity index (χ0n) is 26.0. The molecular formula is C32H46N6O4. The van der Waals surface area contributed by atoms with Crippen LogP contribution in [0.5, 0.6) is 0 Å². The lowest BCUT2D eigenvalue weighted by molar-refractivity contribution is 0.00450. The first-order valence-electron chi connectivity index (χ1n) is 15.2. The Balaban J connectivity index is 1.55. The molecule has 2 saturated heterocycles. The molecule has 10 nitrogen and oxygen atoms in total. The van der Waals surface area contributed by atoms with Crippen molar-refractivity contribution < 1.29 is 13.9 Å². The molecule has 0 spiro atoms. The van der Waals surface area contributed by atoms with E-state index in [0.717, 1.165) is 67.7 Å². The van der Waals surface area contributed by atoms with Crippen LogP contribution in [0, 0.1) is 20.8 Å². The average molecular weight is 579 g/mol. The molecule has 2 aliphatic heterocycles. The summed E-state index contributed by atoms with van der Waals surface area (Å²) in [6.07, 6.45) is 4.88. The lowest BCUT2D eigenvalue weighted by Gasteiger charge is -2.40. The number of pyridine rings is 1. The molecule has 1 aromatic carbocycles. The number of nitrogens with two attached hydrogens (primary N) is 1. The molecule has 0 bridgehead atoms. The van der Waals surface area contributed by atoms with E-state index in [1.165, 1.54) is 0 Å². The number of amides is 1. The minimum atomic E-state index is -0.534. The van der Waals surface area contributed by atoms with Gasteiger partial charge in [-0.3, -0.25) is 14.5 Å². The van der Waals surface area contributed by atoms with Crippen molar-refractivity contribution in [2.75, 3.05) is 38.7 Å². The van der Waals surface area contributed by atoms with Crippen LogP contribution in [0.4, 0.5) is 5.69 Å². The highest BCUT2D eigenvalue weighted by molar-refractivity contribution is 6.07. The van der Waals surface area contributed by atoms with E-state index in [1.807, 2.05) is 32.9 Å². The van der Waals surface area contributed by atoms with Gasteiger partial charge in [0.1, 0.15) is 5.52 Å². The fourth-order valence-electron chi connectivity index (χ4n) is 6.73. The number of hydrogen-bond acceptors (Lipinski definition) is 8. The van der Waals surface area contributed by atoms with Crippen molar-refractivity contribution in [2.24, 2.45) is 5.73 Å². The van der Waals surface area contributed by atoms with E-state index in [2.05, 4.69) is 40.7 Å². The van der Waals surface area contributed by atoms with E-state index in [-0.39, 0.29) is 17.7 Å². The first kappa shape index (κ1) is 30.3. The number of carbonyl (C=O) groups excluding carboxylic acids is 1. The van der Waals surface area contributed by atoms with Crippen LogP contribution in [0.15, 0.2) is 21.3 Å². The molecule has 1 amide bonds. The molecule has 2 atom stereocenters. The normalized spacial score (nSPS) is 20.5. The van der Waals surface area contributed by atoms with Crippen LogP contribution in [0.1, 0.15) is 77.7 Å². The summed E-state index contributed by atoms with van der Waals surface area (Å²) in [7, 11) is 4.27. The predicted molar refractivity (Wildman–Crippen MR) is 165 cm³/mol. The van der Waals surface area contributed by atoms with Gasteiger partial charge in [0, 0.05) is 61.3 Å². The lowest BCUT2D eigenvalue weighted by atomic mass is 9.95. The van der Waals surface area contributed by atoms with E-state index in [9.17, 15) is 9.59 Å². The molecule has 10 heteroatoms. The third kappa shape index (κ3) is 6.26. The Kier molecular flexibility index (Phi) is 9.05. The largest absolute Gasteiger partial charge is 0.439 e. The molecular weight excluding hydrogens is 532 g/mol. The second kappa shape index (κ2) is 12.6. The van der Waals surface area contributed by atoms with E-state index >= 15 is 0 Å². The van der Waals surface area contributed by atoms with Crippen molar-refractivity contribution in [1.29, 1.82) is 0 Å². The van der Waals surface area contributed by atoms with Crippen molar-refractivity contribution >= 4 is 22.7 Å². The number of H-pyrrole nitrogens is 1. The topological polar surface area (TPSA) is 121 Å². The standard InChI is InChI=1S/C32H46N6O4/c1-7-24-15-23(10-13-41-24)38(17-25-19(2)14-20(3)34-32(25)40)26-16-27-30(29(21(26)4)31(33)39)35-28(42-27)18-37-11-8-22(9-12-37)36(5)6/h14,16,22-24H,7-13,15,17-18H2,1-6H3,(H2,33,39)(H,34,40). The van der Waals surface area contributed by atoms with Crippen molar-refractivity contribution in [3.63, 3.8) is 0 Å². The van der Waals surface area contributed by atoms with E-state index < -0.39 is 5.91 Å². The average Bonchev–Trinajstić information content (AvgIpc) is 3.34. The summed E-state index contributed by atoms with van der Waals surface area (Å²) >= 11 is 0. The van der Waals surface area contributed by atoms with Crippen LogP contribution in [0.3, 0.4) is 0 Å². The van der Waals surface area contributed by atoms with Crippen LogP contribution in [-0.4, -0.2) is 77.7 Å². The summed E-state index contributed by atoms with van der Waals surface area (Å²) in [5.74, 6) is 0.0514. The molecule has 3 aromatic rings. The van der Waals surface area contributed by atoms with Gasteiger partial charge in [-0.2, -0.15) is 0 Å². The molecule has 42 heavy (non-hydrogen) atoms. The number of primary amides is 1. The molecule has 2 unspecified atom stereocenters. The number of piperidine rings is 1. The molecule has 0 saturated carbocycles. The summed E-state index contributed by atoms with van der Waals surface area (Å²) < 4.78 is 12.3. The Morgan fingerprint density at radius 2 is 1.88 bits per heavy atom. The minimum absolute atomic E-state index is 0.0922. The molecule has 3 N–H and O–H groups in total. The number of carbonyl (C=O) groups is 1. The van der Waals surface area contributed by atoms with E-state index in [1.54, 1.807) is 0 Å². The molecule has 228 valence electrons. The van der Waals surface area contributed by atoms with Gasteiger partial charge in [-0.1, -0.05) is 6.92 Å². The van der Waals surface area contributed by atoms with Crippen LogP contribution in [-0.2, 0) is 17.8 Å². The number of ether oxygens (including phenoxy) is 1. The van der Waals surface area contributed by atoms with Gasteiger partial charge < -0.3 is 29.7 Å². The zero-order chi connectivity index (χ0) is 30.1. The smallest absolute Gasteiger partial charge is 0.253 e. The van der Waals surface area contributed by atoms with Crippen molar-refractivity contribution in [1.82, 2.24) is 19.8 Å². The number of aromatic amines is 1. The number of aromatic nitrogens is 2. The Morgan fingerprint density at radius 3 is 2.52 bits per heavy atom. The number of fused-ring (bicyclic) bond motifs is 1. The fraction of sp³-hybridized carbons (Fsp3) is 0.594. The van der Waals surface area contributed by atoms with E-state index in [0.29, 0.717) is 53.9 Å². The highest BCUT2D eigenvalue weighted by atomic mass is 16.5. The van der Waals surface area contributed by atoms with Crippen LogP contribution >= 0.6 is 0 Å². The SMILES string of the molecule is CCC1CC(N(Cc2c(C)cc(C)[nH]c2=O)c2cc3oc(CN4CCC(N(C)C)CC4)nc3c(C(N)=O)c2C)CCO1. The maximum Gasteiger partial charge on any atom is 0.253 e. The molecule has 2 aliphatic rings. The van der Waals surface area contributed by atoms with Crippen molar-refractivity contribution in [2.45, 2.75) is 91.1 Å². The number of oxazole rings is 1. The van der Waals surface area contributed by atoms with Gasteiger partial charge in [-0.05, 0) is 84.2 Å². The summed E-state index contributed by atoms with van der Waals surface area (Å²) in [6, 6.07) is 4.69. The van der Waals surface area contributed by atoms with Gasteiger partial charge in [-0.25, -0.2) is 4.98 Å². The molecule has 2 fully saturated rings. The van der Waals surface area contributed by atoms with E-state index in [4.69, 9.17) is 19.9 Å². The third-order valence-electron chi connectivity index (χ3n) is 9.22. The van der Waals surface area contributed by atoms with Crippen LogP contribution < -0.4 is 16.2 Å². The molecule has 0 radical (unpaired) electrons. The van der Waals surface area contributed by atoms with Gasteiger partial charge in [0.25, 0.3) is 11.5 Å².